The maximum absolute atomic E-state index is 12.9. The Hall–Kier alpha value is -3.94. The van der Waals surface area contributed by atoms with E-state index in [0.29, 0.717) is 28.6 Å². The van der Waals surface area contributed by atoms with Crippen molar-refractivity contribution in [3.8, 4) is 28.8 Å². The molecule has 0 atom stereocenters. The first-order valence-electron chi connectivity index (χ1n) is 8.34. The molecule has 0 fully saturated rings. The number of nitrogens with zero attached hydrogens (tertiary/aromatic N) is 2. The molecular weight excluding hydrogens is 365 g/mol. The number of ether oxygens (including phenoxy) is 1. The van der Waals surface area contributed by atoms with Crippen molar-refractivity contribution in [2.75, 3.05) is 11.9 Å². The summed E-state index contributed by atoms with van der Waals surface area (Å²) in [6, 6.07) is 15.9. The van der Waals surface area contributed by atoms with Gasteiger partial charge in [0.15, 0.2) is 12.4 Å². The first kappa shape index (κ1) is 17.5. The molecule has 4 rings (SSSR count). The minimum atomic E-state index is -0.387. The average molecular weight is 379 g/mol. The second kappa shape index (κ2) is 7.75. The fraction of sp³-hybridized carbons (Fsp3) is 0.0500. The summed E-state index contributed by atoms with van der Waals surface area (Å²) in [6.07, 6.45) is 1.51. The third kappa shape index (κ3) is 3.90. The van der Waals surface area contributed by atoms with Crippen molar-refractivity contribution in [2.45, 2.75) is 0 Å². The van der Waals surface area contributed by atoms with E-state index < -0.39 is 0 Å². The number of aromatic nitrogens is 2. The number of anilines is 1. The molecule has 0 radical (unpaired) electrons. The number of nitrogens with one attached hydrogen (secondary N) is 1. The number of carbonyl (C=O) groups excluding carboxylic acids is 1. The van der Waals surface area contributed by atoms with Gasteiger partial charge in [0.25, 0.3) is 11.8 Å². The molecule has 0 aliphatic heterocycles. The highest BCUT2D eigenvalue weighted by Gasteiger charge is 2.16. The third-order valence-corrected chi connectivity index (χ3v) is 3.78. The normalized spacial score (nSPS) is 10.6. The van der Waals surface area contributed by atoms with Crippen molar-refractivity contribution >= 4 is 11.6 Å². The van der Waals surface area contributed by atoms with Gasteiger partial charge in [-0.25, -0.2) is 4.39 Å². The number of rotatable bonds is 6. The van der Waals surface area contributed by atoms with E-state index in [2.05, 4.69) is 15.5 Å². The van der Waals surface area contributed by atoms with Crippen LogP contribution >= 0.6 is 0 Å². The highest BCUT2D eigenvalue weighted by atomic mass is 19.1. The Morgan fingerprint density at radius 2 is 1.89 bits per heavy atom. The topological polar surface area (TPSA) is 90.4 Å². The van der Waals surface area contributed by atoms with E-state index in [4.69, 9.17) is 13.7 Å². The molecule has 0 bridgehead atoms. The van der Waals surface area contributed by atoms with Crippen LogP contribution in [0.25, 0.3) is 23.0 Å². The lowest BCUT2D eigenvalue weighted by Gasteiger charge is -2.09. The number of furan rings is 1. The molecule has 0 saturated heterocycles. The summed E-state index contributed by atoms with van der Waals surface area (Å²) < 4.78 is 28.8. The van der Waals surface area contributed by atoms with Crippen LogP contribution in [0.15, 0.2) is 75.9 Å². The van der Waals surface area contributed by atoms with E-state index in [1.165, 1.54) is 30.5 Å². The van der Waals surface area contributed by atoms with Gasteiger partial charge in [0.2, 0.25) is 5.82 Å². The minimum Gasteiger partial charge on any atom is -0.484 e. The van der Waals surface area contributed by atoms with E-state index in [0.717, 1.165) is 0 Å². The Morgan fingerprint density at radius 1 is 1.07 bits per heavy atom. The summed E-state index contributed by atoms with van der Waals surface area (Å²) in [6.45, 7) is -0.235. The Bertz CT molecular complexity index is 1080. The van der Waals surface area contributed by atoms with Crippen molar-refractivity contribution in [1.82, 2.24) is 10.1 Å². The van der Waals surface area contributed by atoms with Gasteiger partial charge >= 0.3 is 0 Å². The number of benzene rings is 2. The molecule has 0 aliphatic carbocycles. The van der Waals surface area contributed by atoms with E-state index in [9.17, 15) is 9.18 Å². The lowest BCUT2D eigenvalue weighted by molar-refractivity contribution is -0.118. The molecule has 4 aromatic rings. The Kier molecular flexibility index (Phi) is 4.83. The summed E-state index contributed by atoms with van der Waals surface area (Å²) in [5, 5.41) is 6.64. The Balaban J connectivity index is 1.47. The highest BCUT2D eigenvalue weighted by Crippen LogP contribution is 2.28. The van der Waals surface area contributed by atoms with Gasteiger partial charge in [0.05, 0.1) is 17.5 Å². The molecule has 8 heteroatoms. The van der Waals surface area contributed by atoms with Crippen LogP contribution in [0.5, 0.6) is 5.75 Å². The van der Waals surface area contributed by atoms with Gasteiger partial charge in [-0.1, -0.05) is 17.3 Å². The van der Waals surface area contributed by atoms with E-state index in [-0.39, 0.29) is 24.2 Å². The predicted molar refractivity (Wildman–Crippen MR) is 98.0 cm³/mol. The van der Waals surface area contributed by atoms with Gasteiger partial charge in [-0.2, -0.15) is 4.98 Å². The molecular formula is C20H14FN3O4. The molecule has 28 heavy (non-hydrogen) atoms. The van der Waals surface area contributed by atoms with E-state index in [1.54, 1.807) is 36.4 Å². The Labute approximate surface area is 158 Å². The average Bonchev–Trinajstić information content (AvgIpc) is 3.40. The van der Waals surface area contributed by atoms with Crippen LogP contribution in [0.3, 0.4) is 0 Å². The fourth-order valence-electron chi connectivity index (χ4n) is 2.48. The van der Waals surface area contributed by atoms with E-state index in [1.807, 2.05) is 0 Å². The molecule has 2 aromatic carbocycles. The molecule has 140 valence electrons. The van der Waals surface area contributed by atoms with Gasteiger partial charge in [0.1, 0.15) is 11.6 Å². The summed E-state index contributed by atoms with van der Waals surface area (Å²) in [5.74, 6) is 0.651. The summed E-state index contributed by atoms with van der Waals surface area (Å²) in [5.41, 5.74) is 1.05. The van der Waals surface area contributed by atoms with Crippen molar-refractivity contribution in [1.29, 1.82) is 0 Å². The van der Waals surface area contributed by atoms with Gasteiger partial charge in [0, 0.05) is 0 Å². The first-order chi connectivity index (χ1) is 13.7. The minimum absolute atomic E-state index is 0.235. The van der Waals surface area contributed by atoms with Crippen molar-refractivity contribution in [2.24, 2.45) is 0 Å². The fourth-order valence-corrected chi connectivity index (χ4v) is 2.48. The molecule has 0 aliphatic rings. The van der Waals surface area contributed by atoms with Crippen LogP contribution in [0.1, 0.15) is 0 Å². The molecule has 1 amide bonds. The van der Waals surface area contributed by atoms with Crippen LogP contribution < -0.4 is 10.1 Å². The third-order valence-electron chi connectivity index (χ3n) is 3.78. The summed E-state index contributed by atoms with van der Waals surface area (Å²) in [7, 11) is 0. The molecule has 2 heterocycles. The van der Waals surface area contributed by atoms with E-state index >= 15 is 0 Å². The van der Waals surface area contributed by atoms with Crippen molar-refractivity contribution < 1.29 is 22.9 Å². The van der Waals surface area contributed by atoms with Gasteiger partial charge in [-0.05, 0) is 48.5 Å². The Morgan fingerprint density at radius 3 is 2.68 bits per heavy atom. The van der Waals surface area contributed by atoms with Gasteiger partial charge in [-0.3, -0.25) is 4.79 Å². The zero-order chi connectivity index (χ0) is 19.3. The summed E-state index contributed by atoms with van der Waals surface area (Å²) >= 11 is 0. The number of halogens is 1. The smallest absolute Gasteiger partial charge is 0.262 e. The van der Waals surface area contributed by atoms with Crippen molar-refractivity contribution in [3.05, 3.63) is 72.7 Å². The second-order valence-electron chi connectivity index (χ2n) is 5.74. The highest BCUT2D eigenvalue weighted by molar-refractivity contribution is 5.95. The van der Waals surface area contributed by atoms with Crippen molar-refractivity contribution in [3.63, 3.8) is 0 Å². The molecule has 1 N–H and O–H groups in total. The maximum Gasteiger partial charge on any atom is 0.262 e. The lowest BCUT2D eigenvalue weighted by Crippen LogP contribution is -2.20. The molecule has 7 nitrogen and oxygen atoms in total. The number of para-hydroxylation sites is 1. The standard InChI is InChI=1S/C20H14FN3O4/c21-13-7-9-14(10-8-13)27-12-18(25)22-16-5-2-1-4-15(16)20-23-19(24-28-20)17-6-3-11-26-17/h1-11H,12H2,(H,22,25). The number of hydrogen-bond acceptors (Lipinski definition) is 6. The lowest BCUT2D eigenvalue weighted by atomic mass is 10.1. The molecule has 0 unspecified atom stereocenters. The number of hydrogen-bond donors (Lipinski definition) is 1. The molecule has 2 aromatic heterocycles. The number of carbonyl (C=O) groups is 1. The van der Waals surface area contributed by atoms with Gasteiger partial charge < -0.3 is 19.0 Å². The van der Waals surface area contributed by atoms with Crippen LogP contribution in [0, 0.1) is 5.82 Å². The predicted octanol–water partition coefficient (Wildman–Crippen LogP) is 4.15. The molecule has 0 saturated carbocycles. The number of amides is 1. The second-order valence-corrected chi connectivity index (χ2v) is 5.74. The monoisotopic (exact) mass is 379 g/mol. The molecule has 0 spiro atoms. The SMILES string of the molecule is O=C(COc1ccc(F)cc1)Nc1ccccc1-c1nc(-c2ccco2)no1. The first-order valence-corrected chi connectivity index (χ1v) is 8.34. The zero-order valence-electron chi connectivity index (χ0n) is 14.5. The largest absolute Gasteiger partial charge is 0.484 e. The van der Waals surface area contributed by atoms with Crippen LogP contribution in [-0.2, 0) is 4.79 Å². The van der Waals surface area contributed by atoms with Crippen LogP contribution in [0.4, 0.5) is 10.1 Å². The summed E-state index contributed by atoms with van der Waals surface area (Å²) in [4.78, 5) is 16.5. The maximum atomic E-state index is 12.9. The zero-order valence-corrected chi connectivity index (χ0v) is 14.5. The van der Waals surface area contributed by atoms with Crippen LogP contribution in [0.2, 0.25) is 0 Å². The quantitative estimate of drug-likeness (QED) is 0.541. The van der Waals surface area contributed by atoms with Crippen LogP contribution in [-0.4, -0.2) is 22.7 Å². The van der Waals surface area contributed by atoms with Gasteiger partial charge in [-0.15, -0.1) is 0 Å².